The molecule has 0 aromatic heterocycles. The molecule has 6 heteroatoms. The van der Waals surface area contributed by atoms with Crippen LogP contribution >= 0.6 is 11.8 Å². The molecule has 1 aliphatic heterocycles. The third-order valence-corrected chi connectivity index (χ3v) is 2.73. The summed E-state index contributed by atoms with van der Waals surface area (Å²) in [6.45, 7) is 0.477. The van der Waals surface area contributed by atoms with Crippen LogP contribution in [0.15, 0.2) is 0 Å². The van der Waals surface area contributed by atoms with Crippen molar-refractivity contribution in [2.24, 2.45) is 0 Å². The third kappa shape index (κ3) is 3.02. The molecule has 78 valence electrons. The average molecular weight is 217 g/mol. The van der Waals surface area contributed by atoms with E-state index in [2.05, 4.69) is 0 Å². The van der Waals surface area contributed by atoms with Gasteiger partial charge in [-0.25, -0.2) is 0 Å². The highest BCUT2D eigenvalue weighted by Gasteiger charge is 2.25. The molecule has 1 saturated heterocycles. The molecule has 1 heterocycles. The number of carbonyl (C=O) groups is 3. The Labute approximate surface area is 85.4 Å². The van der Waals surface area contributed by atoms with Crippen molar-refractivity contribution in [1.29, 1.82) is 0 Å². The number of carbonyl (C=O) groups excluding carboxylic acids is 2. The molecular weight excluding hydrogens is 206 g/mol. The molecule has 0 spiro atoms. The zero-order valence-corrected chi connectivity index (χ0v) is 8.38. The number of carboxylic acids is 1. The van der Waals surface area contributed by atoms with Crippen molar-refractivity contribution in [3.8, 4) is 0 Å². The largest absolute Gasteiger partial charge is 0.481 e. The molecule has 1 N–H and O–H groups in total. The predicted octanol–water partition coefficient (Wildman–Crippen LogP) is -0.0468. The number of carboxylic acid groups (broad SMARTS) is 1. The third-order valence-electron chi connectivity index (χ3n) is 1.83. The monoisotopic (exact) mass is 217 g/mol. The SMILES string of the molecule is O=C(O)CSCC(=O)N1CCCC1=O. The Bertz CT molecular complexity index is 266. The van der Waals surface area contributed by atoms with Crippen molar-refractivity contribution in [1.82, 2.24) is 4.90 Å². The quantitative estimate of drug-likeness (QED) is 0.714. The molecule has 0 saturated carbocycles. The molecule has 0 aliphatic carbocycles. The molecule has 0 aromatic carbocycles. The van der Waals surface area contributed by atoms with E-state index in [1.165, 1.54) is 4.90 Å². The molecule has 0 bridgehead atoms. The summed E-state index contributed by atoms with van der Waals surface area (Å²) >= 11 is 1.02. The fourth-order valence-electron chi connectivity index (χ4n) is 1.22. The lowest BCUT2D eigenvalue weighted by molar-refractivity contribution is -0.140. The van der Waals surface area contributed by atoms with E-state index in [1.807, 2.05) is 0 Å². The number of imide groups is 1. The molecule has 0 aromatic rings. The van der Waals surface area contributed by atoms with E-state index in [0.717, 1.165) is 11.8 Å². The van der Waals surface area contributed by atoms with E-state index < -0.39 is 5.97 Å². The highest BCUT2D eigenvalue weighted by molar-refractivity contribution is 8.00. The van der Waals surface area contributed by atoms with Gasteiger partial charge < -0.3 is 5.11 Å². The van der Waals surface area contributed by atoms with E-state index in [0.29, 0.717) is 19.4 Å². The van der Waals surface area contributed by atoms with Gasteiger partial charge in [-0.15, -0.1) is 11.8 Å². The van der Waals surface area contributed by atoms with Gasteiger partial charge in [0, 0.05) is 13.0 Å². The number of hydrogen-bond acceptors (Lipinski definition) is 4. The second kappa shape index (κ2) is 4.99. The van der Waals surface area contributed by atoms with Crippen LogP contribution in [0, 0.1) is 0 Å². The Kier molecular flexibility index (Phi) is 3.94. The van der Waals surface area contributed by atoms with Crippen molar-refractivity contribution in [3.63, 3.8) is 0 Å². The maximum absolute atomic E-state index is 11.3. The van der Waals surface area contributed by atoms with Crippen molar-refractivity contribution < 1.29 is 19.5 Å². The number of hydrogen-bond donors (Lipinski definition) is 1. The van der Waals surface area contributed by atoms with Crippen LogP contribution in [0.3, 0.4) is 0 Å². The van der Waals surface area contributed by atoms with Crippen LogP contribution in [-0.4, -0.2) is 45.8 Å². The van der Waals surface area contributed by atoms with E-state index in [1.54, 1.807) is 0 Å². The lowest BCUT2D eigenvalue weighted by atomic mass is 10.4. The summed E-state index contributed by atoms with van der Waals surface area (Å²) < 4.78 is 0. The Hall–Kier alpha value is -1.04. The zero-order valence-electron chi connectivity index (χ0n) is 7.56. The summed E-state index contributed by atoms with van der Waals surface area (Å²) in [7, 11) is 0. The minimum Gasteiger partial charge on any atom is -0.481 e. The maximum atomic E-state index is 11.3. The number of amides is 2. The second-order valence-electron chi connectivity index (χ2n) is 2.93. The summed E-state index contributed by atoms with van der Waals surface area (Å²) in [5.74, 6) is -1.41. The molecule has 14 heavy (non-hydrogen) atoms. The molecule has 2 amide bonds. The summed E-state index contributed by atoms with van der Waals surface area (Å²) in [4.78, 5) is 33.8. The first kappa shape index (κ1) is 11.0. The second-order valence-corrected chi connectivity index (χ2v) is 3.91. The Morgan fingerprint density at radius 3 is 2.64 bits per heavy atom. The maximum Gasteiger partial charge on any atom is 0.313 e. The van der Waals surface area contributed by atoms with Crippen LogP contribution in [0.1, 0.15) is 12.8 Å². The van der Waals surface area contributed by atoms with E-state index >= 15 is 0 Å². The predicted molar refractivity (Wildman–Crippen MR) is 50.9 cm³/mol. The summed E-state index contributed by atoms with van der Waals surface area (Å²) in [5, 5.41) is 8.33. The molecular formula is C8H11NO4S. The van der Waals surface area contributed by atoms with Crippen LogP contribution in [0.2, 0.25) is 0 Å². The molecule has 0 atom stereocenters. The molecule has 0 radical (unpaired) electrons. The summed E-state index contributed by atoms with van der Waals surface area (Å²) in [6.07, 6.45) is 1.14. The van der Waals surface area contributed by atoms with E-state index in [9.17, 15) is 14.4 Å². The Morgan fingerprint density at radius 2 is 2.14 bits per heavy atom. The van der Waals surface area contributed by atoms with Gasteiger partial charge in [-0.1, -0.05) is 0 Å². The Morgan fingerprint density at radius 1 is 1.43 bits per heavy atom. The van der Waals surface area contributed by atoms with E-state index in [4.69, 9.17) is 5.11 Å². The smallest absolute Gasteiger partial charge is 0.313 e. The number of nitrogens with zero attached hydrogens (tertiary/aromatic N) is 1. The number of aliphatic carboxylic acids is 1. The highest BCUT2D eigenvalue weighted by atomic mass is 32.2. The van der Waals surface area contributed by atoms with Gasteiger partial charge in [0.15, 0.2) is 0 Å². The minimum absolute atomic E-state index is 0.0675. The number of rotatable bonds is 4. The van der Waals surface area contributed by atoms with Crippen molar-refractivity contribution in [2.75, 3.05) is 18.1 Å². The Balaban J connectivity index is 2.27. The van der Waals surface area contributed by atoms with Crippen molar-refractivity contribution in [3.05, 3.63) is 0 Å². The van der Waals surface area contributed by atoms with Crippen LogP contribution in [0.5, 0.6) is 0 Å². The molecule has 1 rings (SSSR count). The van der Waals surface area contributed by atoms with Crippen LogP contribution in [0.25, 0.3) is 0 Å². The molecule has 5 nitrogen and oxygen atoms in total. The van der Waals surface area contributed by atoms with Gasteiger partial charge in [-0.3, -0.25) is 19.3 Å². The highest BCUT2D eigenvalue weighted by Crippen LogP contribution is 2.12. The van der Waals surface area contributed by atoms with Gasteiger partial charge in [0.05, 0.1) is 11.5 Å². The summed E-state index contributed by atoms with van der Waals surface area (Å²) in [5.41, 5.74) is 0. The van der Waals surface area contributed by atoms with Crippen molar-refractivity contribution >= 4 is 29.5 Å². The molecule has 1 fully saturated rings. The number of thioether (sulfide) groups is 1. The van der Waals surface area contributed by atoms with Crippen LogP contribution in [0.4, 0.5) is 0 Å². The van der Waals surface area contributed by atoms with Gasteiger partial charge in [-0.05, 0) is 6.42 Å². The standard InChI is InChI=1S/C8H11NO4S/c10-6-2-1-3-9(6)7(11)4-14-5-8(12)13/h1-5H2,(H,12,13). The minimum atomic E-state index is -0.949. The summed E-state index contributed by atoms with van der Waals surface area (Å²) in [6, 6.07) is 0. The van der Waals surface area contributed by atoms with E-state index in [-0.39, 0.29) is 23.3 Å². The van der Waals surface area contributed by atoms with Gasteiger partial charge in [-0.2, -0.15) is 0 Å². The first-order valence-electron chi connectivity index (χ1n) is 4.24. The topological polar surface area (TPSA) is 74.7 Å². The normalized spacial score (nSPS) is 16.0. The fourth-order valence-corrected chi connectivity index (χ4v) is 1.82. The number of likely N-dealkylation sites (tertiary alicyclic amines) is 1. The first-order chi connectivity index (χ1) is 6.61. The van der Waals surface area contributed by atoms with Gasteiger partial charge in [0.1, 0.15) is 0 Å². The van der Waals surface area contributed by atoms with Crippen LogP contribution < -0.4 is 0 Å². The lowest BCUT2D eigenvalue weighted by Crippen LogP contribution is -2.33. The fraction of sp³-hybridized carbons (Fsp3) is 0.625. The van der Waals surface area contributed by atoms with Crippen molar-refractivity contribution in [2.45, 2.75) is 12.8 Å². The lowest BCUT2D eigenvalue weighted by Gasteiger charge is -2.12. The average Bonchev–Trinajstić information content (AvgIpc) is 2.50. The first-order valence-corrected chi connectivity index (χ1v) is 5.39. The molecule has 1 aliphatic rings. The van der Waals surface area contributed by atoms with Gasteiger partial charge >= 0.3 is 5.97 Å². The zero-order chi connectivity index (χ0) is 10.6. The van der Waals surface area contributed by atoms with Gasteiger partial charge in [0.25, 0.3) is 0 Å². The molecule has 0 unspecified atom stereocenters. The van der Waals surface area contributed by atoms with Crippen LogP contribution in [-0.2, 0) is 14.4 Å². The van der Waals surface area contributed by atoms with Gasteiger partial charge in [0.2, 0.25) is 11.8 Å².